The van der Waals surface area contributed by atoms with E-state index in [0.29, 0.717) is 10.6 Å². The lowest BCUT2D eigenvalue weighted by Crippen LogP contribution is -2.45. The first-order valence-corrected chi connectivity index (χ1v) is 5.37. The van der Waals surface area contributed by atoms with Crippen LogP contribution in [0.2, 0.25) is 5.02 Å². The van der Waals surface area contributed by atoms with Crippen LogP contribution in [0.4, 0.5) is 13.2 Å². The molecule has 6 heteroatoms. The van der Waals surface area contributed by atoms with Gasteiger partial charge in [0.25, 0.3) is 0 Å². The molecule has 0 saturated heterocycles. The number of hydrogen-bond donors (Lipinski definition) is 1. The minimum atomic E-state index is -4.48. The van der Waals surface area contributed by atoms with E-state index in [1.54, 1.807) is 24.3 Å². The molecule has 2 N–H and O–H groups in total. The lowest BCUT2D eigenvalue weighted by atomic mass is 10.2. The number of nitrogens with two attached hydrogens (primary N) is 1. The standard InChI is InChI=1S/C11H13ClF3NO/c1-7(16)10(11(13,14)15)17-6-8-4-2-3-5-9(8)12/h2-5,7,10H,6,16H2,1H3. The quantitative estimate of drug-likeness (QED) is 0.910. The smallest absolute Gasteiger partial charge is 0.362 e. The molecule has 0 radical (unpaired) electrons. The molecule has 0 amide bonds. The topological polar surface area (TPSA) is 35.2 Å². The first-order chi connectivity index (χ1) is 7.82. The Balaban J connectivity index is 2.68. The molecule has 2 nitrogen and oxygen atoms in total. The zero-order chi connectivity index (χ0) is 13.1. The molecule has 0 aromatic heterocycles. The van der Waals surface area contributed by atoms with Crippen molar-refractivity contribution in [1.82, 2.24) is 0 Å². The fraction of sp³-hybridized carbons (Fsp3) is 0.455. The molecular formula is C11H13ClF3NO. The number of benzene rings is 1. The van der Waals surface area contributed by atoms with Crippen LogP contribution >= 0.6 is 11.6 Å². The first kappa shape index (κ1) is 14.3. The van der Waals surface area contributed by atoms with E-state index in [9.17, 15) is 13.2 Å². The number of alkyl halides is 3. The summed E-state index contributed by atoms with van der Waals surface area (Å²) in [5.41, 5.74) is 5.75. The molecule has 0 bridgehead atoms. The second-order valence-corrected chi connectivity index (χ2v) is 4.13. The minimum absolute atomic E-state index is 0.217. The van der Waals surface area contributed by atoms with E-state index in [1.165, 1.54) is 6.92 Å². The average molecular weight is 268 g/mol. The summed E-state index contributed by atoms with van der Waals surface area (Å²) >= 11 is 5.81. The lowest BCUT2D eigenvalue weighted by molar-refractivity contribution is -0.228. The van der Waals surface area contributed by atoms with Crippen molar-refractivity contribution in [1.29, 1.82) is 0 Å². The fourth-order valence-corrected chi connectivity index (χ4v) is 1.53. The number of ether oxygens (including phenoxy) is 1. The Bertz CT molecular complexity index is 368. The monoisotopic (exact) mass is 267 g/mol. The average Bonchev–Trinajstić information content (AvgIpc) is 2.18. The second kappa shape index (κ2) is 5.71. The molecule has 2 unspecified atom stereocenters. The van der Waals surface area contributed by atoms with Crippen LogP contribution in [0.1, 0.15) is 12.5 Å². The van der Waals surface area contributed by atoms with Gasteiger partial charge in [0, 0.05) is 11.1 Å². The molecule has 0 saturated carbocycles. The Morgan fingerprint density at radius 3 is 2.41 bits per heavy atom. The van der Waals surface area contributed by atoms with Gasteiger partial charge < -0.3 is 10.5 Å². The van der Waals surface area contributed by atoms with Crippen LogP contribution < -0.4 is 5.73 Å². The maximum atomic E-state index is 12.5. The van der Waals surface area contributed by atoms with E-state index in [0.717, 1.165) is 0 Å². The van der Waals surface area contributed by atoms with Crippen molar-refractivity contribution in [2.24, 2.45) is 5.73 Å². The molecule has 1 aromatic rings. The Hall–Kier alpha value is -0.780. The van der Waals surface area contributed by atoms with Crippen LogP contribution in [-0.4, -0.2) is 18.3 Å². The van der Waals surface area contributed by atoms with Gasteiger partial charge in [0.05, 0.1) is 6.61 Å². The molecule has 0 aliphatic heterocycles. The van der Waals surface area contributed by atoms with Gasteiger partial charge >= 0.3 is 6.18 Å². The van der Waals surface area contributed by atoms with Crippen molar-refractivity contribution in [2.45, 2.75) is 31.9 Å². The highest BCUT2D eigenvalue weighted by Gasteiger charge is 2.43. The highest BCUT2D eigenvalue weighted by Crippen LogP contribution is 2.26. The fourth-order valence-electron chi connectivity index (χ4n) is 1.34. The maximum Gasteiger partial charge on any atom is 0.416 e. The van der Waals surface area contributed by atoms with Crippen LogP contribution in [0.3, 0.4) is 0 Å². The summed E-state index contributed by atoms with van der Waals surface area (Å²) in [6.45, 7) is 1.04. The molecule has 0 aliphatic rings. The van der Waals surface area contributed by atoms with E-state index in [1.807, 2.05) is 0 Å². The number of halogens is 4. The van der Waals surface area contributed by atoms with Crippen LogP contribution in [-0.2, 0) is 11.3 Å². The van der Waals surface area contributed by atoms with Gasteiger partial charge in [-0.1, -0.05) is 29.8 Å². The Kier molecular flexibility index (Phi) is 4.80. The molecule has 0 fully saturated rings. The first-order valence-electron chi connectivity index (χ1n) is 4.99. The third-order valence-electron chi connectivity index (χ3n) is 2.18. The van der Waals surface area contributed by atoms with Gasteiger partial charge in [-0.2, -0.15) is 13.2 Å². The van der Waals surface area contributed by atoms with Crippen LogP contribution in [0.15, 0.2) is 24.3 Å². The van der Waals surface area contributed by atoms with E-state index >= 15 is 0 Å². The molecule has 0 aliphatic carbocycles. The lowest BCUT2D eigenvalue weighted by Gasteiger charge is -2.24. The molecule has 1 aromatic carbocycles. The largest absolute Gasteiger partial charge is 0.416 e. The van der Waals surface area contributed by atoms with E-state index in [2.05, 4.69) is 0 Å². The predicted octanol–water partition coefficient (Wildman–Crippen LogP) is 3.13. The van der Waals surface area contributed by atoms with E-state index < -0.39 is 18.3 Å². The third kappa shape index (κ3) is 4.18. The number of hydrogen-bond acceptors (Lipinski definition) is 2. The molecular weight excluding hydrogens is 255 g/mol. The van der Waals surface area contributed by atoms with Crippen LogP contribution in [0.25, 0.3) is 0 Å². The highest BCUT2D eigenvalue weighted by atomic mass is 35.5. The zero-order valence-corrected chi connectivity index (χ0v) is 9.92. The molecule has 0 heterocycles. The van der Waals surface area contributed by atoms with Crippen LogP contribution in [0.5, 0.6) is 0 Å². The summed E-state index contributed by atoms with van der Waals surface area (Å²) in [6, 6.07) is 5.45. The summed E-state index contributed by atoms with van der Waals surface area (Å²) in [5, 5.41) is 0.373. The molecule has 0 spiro atoms. The SMILES string of the molecule is CC(N)C(OCc1ccccc1Cl)C(F)(F)F. The summed E-state index contributed by atoms with van der Waals surface area (Å²) in [6.07, 6.45) is -6.46. The Morgan fingerprint density at radius 2 is 1.94 bits per heavy atom. The summed E-state index contributed by atoms with van der Waals surface area (Å²) < 4.78 is 42.4. The van der Waals surface area contributed by atoms with Gasteiger partial charge in [0.2, 0.25) is 0 Å². The molecule has 17 heavy (non-hydrogen) atoms. The van der Waals surface area contributed by atoms with Crippen molar-refractivity contribution in [3.63, 3.8) is 0 Å². The van der Waals surface area contributed by atoms with Crippen molar-refractivity contribution in [2.75, 3.05) is 0 Å². The maximum absolute atomic E-state index is 12.5. The van der Waals surface area contributed by atoms with Gasteiger partial charge in [-0.05, 0) is 18.6 Å². The number of rotatable bonds is 4. The Labute approximate surface area is 103 Å². The summed E-state index contributed by atoms with van der Waals surface area (Å²) in [4.78, 5) is 0. The van der Waals surface area contributed by atoms with E-state index in [4.69, 9.17) is 22.1 Å². The Morgan fingerprint density at radius 1 is 1.35 bits per heavy atom. The van der Waals surface area contributed by atoms with Gasteiger partial charge in [0.1, 0.15) is 0 Å². The normalized spacial score (nSPS) is 15.6. The van der Waals surface area contributed by atoms with Crippen molar-refractivity contribution >= 4 is 11.6 Å². The van der Waals surface area contributed by atoms with Gasteiger partial charge in [-0.15, -0.1) is 0 Å². The zero-order valence-electron chi connectivity index (χ0n) is 9.17. The van der Waals surface area contributed by atoms with Gasteiger partial charge in [-0.3, -0.25) is 0 Å². The predicted molar refractivity (Wildman–Crippen MR) is 59.7 cm³/mol. The summed E-state index contributed by atoms with van der Waals surface area (Å²) in [5.74, 6) is 0. The van der Waals surface area contributed by atoms with Gasteiger partial charge in [-0.25, -0.2) is 0 Å². The van der Waals surface area contributed by atoms with Crippen LogP contribution in [0, 0.1) is 0 Å². The minimum Gasteiger partial charge on any atom is -0.362 e. The molecule has 96 valence electrons. The van der Waals surface area contributed by atoms with Crippen molar-refractivity contribution in [3.8, 4) is 0 Å². The highest BCUT2D eigenvalue weighted by molar-refractivity contribution is 6.31. The molecule has 1 rings (SSSR count). The summed E-state index contributed by atoms with van der Waals surface area (Å²) in [7, 11) is 0. The van der Waals surface area contributed by atoms with Crippen molar-refractivity contribution < 1.29 is 17.9 Å². The van der Waals surface area contributed by atoms with Gasteiger partial charge in [0.15, 0.2) is 6.10 Å². The van der Waals surface area contributed by atoms with Crippen molar-refractivity contribution in [3.05, 3.63) is 34.9 Å². The third-order valence-corrected chi connectivity index (χ3v) is 2.55. The molecule has 2 atom stereocenters. The second-order valence-electron chi connectivity index (χ2n) is 3.72. The van der Waals surface area contributed by atoms with E-state index in [-0.39, 0.29) is 6.61 Å².